The number of nitrogens with one attached hydrogen (secondary N) is 1. The second kappa shape index (κ2) is 5.74. The Morgan fingerprint density at radius 2 is 2.14 bits per heavy atom. The van der Waals surface area contributed by atoms with Crippen molar-refractivity contribution in [3.8, 4) is 5.75 Å². The van der Waals surface area contributed by atoms with Crippen molar-refractivity contribution in [2.45, 2.75) is 4.90 Å². The maximum Gasteiger partial charge on any atom is 0.262 e. The van der Waals surface area contributed by atoms with E-state index in [4.69, 9.17) is 22.1 Å². The first-order chi connectivity index (χ1) is 9.85. The number of anilines is 2. The smallest absolute Gasteiger partial charge is 0.262 e. The van der Waals surface area contributed by atoms with Crippen LogP contribution >= 0.6 is 11.6 Å². The quantitative estimate of drug-likeness (QED) is 0.662. The minimum absolute atomic E-state index is 0.0250. The normalized spacial score (nSPS) is 11.2. The van der Waals surface area contributed by atoms with Gasteiger partial charge in [0.1, 0.15) is 0 Å². The standard InChI is InChI=1S/C12H11ClFN3O3S/c1-20-11-8(14)5-7(6-9(11)15)21(18,19)17-10-3-2-4-16-12(10)13/h2-6,17H,15H2,1H3. The number of benzene rings is 1. The van der Waals surface area contributed by atoms with Crippen LogP contribution in [-0.4, -0.2) is 20.5 Å². The fourth-order valence-electron chi connectivity index (χ4n) is 1.63. The molecule has 2 rings (SSSR count). The molecule has 0 fully saturated rings. The number of ether oxygens (including phenoxy) is 1. The molecule has 0 atom stereocenters. The summed E-state index contributed by atoms with van der Waals surface area (Å²) in [7, 11) is -2.82. The molecule has 0 amide bonds. The van der Waals surface area contributed by atoms with Crippen LogP contribution in [0.1, 0.15) is 0 Å². The predicted octanol–water partition coefficient (Wildman–Crippen LogP) is 2.27. The van der Waals surface area contributed by atoms with Crippen LogP contribution in [0, 0.1) is 5.82 Å². The number of nitrogens with two attached hydrogens (primary N) is 1. The molecular weight excluding hydrogens is 321 g/mol. The number of halogens is 2. The monoisotopic (exact) mass is 331 g/mol. The van der Waals surface area contributed by atoms with Crippen molar-refractivity contribution in [1.82, 2.24) is 4.98 Å². The average Bonchev–Trinajstić information content (AvgIpc) is 2.41. The summed E-state index contributed by atoms with van der Waals surface area (Å²) >= 11 is 5.77. The van der Waals surface area contributed by atoms with Crippen LogP contribution in [0.2, 0.25) is 5.15 Å². The van der Waals surface area contributed by atoms with Gasteiger partial charge in [-0.05, 0) is 24.3 Å². The third-order valence-electron chi connectivity index (χ3n) is 2.56. The van der Waals surface area contributed by atoms with Gasteiger partial charge in [0.2, 0.25) is 0 Å². The lowest BCUT2D eigenvalue weighted by atomic mass is 10.3. The van der Waals surface area contributed by atoms with Gasteiger partial charge in [-0.2, -0.15) is 0 Å². The average molecular weight is 332 g/mol. The lowest BCUT2D eigenvalue weighted by Crippen LogP contribution is -2.14. The number of hydrogen-bond acceptors (Lipinski definition) is 5. The van der Waals surface area contributed by atoms with Crippen molar-refractivity contribution in [2.24, 2.45) is 0 Å². The molecule has 6 nitrogen and oxygen atoms in total. The van der Waals surface area contributed by atoms with Crippen LogP contribution in [-0.2, 0) is 10.0 Å². The Morgan fingerprint density at radius 1 is 1.43 bits per heavy atom. The van der Waals surface area contributed by atoms with E-state index < -0.39 is 15.8 Å². The number of pyridine rings is 1. The molecule has 3 N–H and O–H groups in total. The number of nitrogens with zero attached hydrogens (tertiary/aromatic N) is 1. The van der Waals surface area contributed by atoms with E-state index in [1.165, 1.54) is 25.4 Å². The highest BCUT2D eigenvalue weighted by atomic mass is 35.5. The Kier molecular flexibility index (Phi) is 4.19. The van der Waals surface area contributed by atoms with Crippen molar-refractivity contribution < 1.29 is 17.5 Å². The molecule has 0 aliphatic rings. The zero-order valence-corrected chi connectivity index (χ0v) is 12.4. The number of nitrogen functional groups attached to an aromatic ring is 1. The van der Waals surface area contributed by atoms with Gasteiger partial charge in [-0.25, -0.2) is 17.8 Å². The molecule has 0 aliphatic carbocycles. The summed E-state index contributed by atoms with van der Waals surface area (Å²) in [6.07, 6.45) is 1.41. The lowest BCUT2D eigenvalue weighted by Gasteiger charge is -2.11. The van der Waals surface area contributed by atoms with E-state index in [2.05, 4.69) is 9.71 Å². The van der Waals surface area contributed by atoms with Crippen LogP contribution in [0.3, 0.4) is 0 Å². The van der Waals surface area contributed by atoms with E-state index >= 15 is 0 Å². The number of hydrogen-bond donors (Lipinski definition) is 2. The summed E-state index contributed by atoms with van der Waals surface area (Å²) < 4.78 is 45.1. The molecule has 1 heterocycles. The molecule has 0 saturated heterocycles. The van der Waals surface area contributed by atoms with Crippen molar-refractivity contribution >= 4 is 33.0 Å². The third kappa shape index (κ3) is 3.17. The van der Waals surface area contributed by atoms with Gasteiger partial charge >= 0.3 is 0 Å². The van der Waals surface area contributed by atoms with Crippen LogP contribution in [0.5, 0.6) is 5.75 Å². The summed E-state index contributed by atoms with van der Waals surface area (Å²) in [4.78, 5) is 3.39. The van der Waals surface area contributed by atoms with Crippen molar-refractivity contribution in [1.29, 1.82) is 0 Å². The molecular formula is C12H11ClFN3O3S. The summed E-state index contributed by atoms with van der Waals surface area (Å²) in [6, 6.07) is 4.83. The largest absolute Gasteiger partial charge is 0.492 e. The van der Waals surface area contributed by atoms with Crippen LogP contribution < -0.4 is 15.2 Å². The molecule has 21 heavy (non-hydrogen) atoms. The summed E-state index contributed by atoms with van der Waals surface area (Å²) in [5.41, 5.74) is 5.51. The Labute approximate surface area is 125 Å². The van der Waals surface area contributed by atoms with E-state index in [1.54, 1.807) is 0 Å². The highest BCUT2D eigenvalue weighted by Gasteiger charge is 2.20. The molecule has 0 spiro atoms. The Hall–Kier alpha value is -2.06. The van der Waals surface area contributed by atoms with E-state index in [9.17, 15) is 12.8 Å². The summed E-state index contributed by atoms with van der Waals surface area (Å²) in [5.74, 6) is -1.09. The highest BCUT2D eigenvalue weighted by Crippen LogP contribution is 2.30. The van der Waals surface area contributed by atoms with Gasteiger partial charge in [0, 0.05) is 6.20 Å². The van der Waals surface area contributed by atoms with E-state index in [0.717, 1.165) is 12.1 Å². The fourth-order valence-corrected chi connectivity index (χ4v) is 2.96. The zero-order valence-electron chi connectivity index (χ0n) is 10.8. The molecule has 0 aliphatic heterocycles. The first-order valence-electron chi connectivity index (χ1n) is 5.61. The molecule has 1 aromatic heterocycles. The van der Waals surface area contributed by atoms with Gasteiger partial charge in [-0.3, -0.25) is 4.72 Å². The maximum atomic E-state index is 13.7. The lowest BCUT2D eigenvalue weighted by molar-refractivity contribution is 0.388. The minimum Gasteiger partial charge on any atom is -0.492 e. The number of methoxy groups -OCH3 is 1. The van der Waals surface area contributed by atoms with Gasteiger partial charge in [0.15, 0.2) is 16.7 Å². The van der Waals surface area contributed by atoms with E-state index in [-0.39, 0.29) is 27.2 Å². The number of rotatable bonds is 4. The van der Waals surface area contributed by atoms with Gasteiger partial charge < -0.3 is 10.5 Å². The summed E-state index contributed by atoms with van der Waals surface area (Å²) in [6.45, 7) is 0. The fraction of sp³-hybridized carbons (Fsp3) is 0.0833. The van der Waals surface area contributed by atoms with Crippen molar-refractivity contribution in [3.05, 3.63) is 41.4 Å². The Bertz CT molecular complexity index is 760. The zero-order chi connectivity index (χ0) is 15.6. The predicted molar refractivity (Wildman–Crippen MR) is 77.4 cm³/mol. The van der Waals surface area contributed by atoms with Crippen molar-refractivity contribution in [2.75, 3.05) is 17.6 Å². The molecule has 1 aromatic carbocycles. The molecule has 9 heteroatoms. The maximum absolute atomic E-state index is 13.7. The van der Waals surface area contributed by atoms with Gasteiger partial charge in [0.05, 0.1) is 23.4 Å². The Balaban J connectivity index is 2.43. The topological polar surface area (TPSA) is 94.3 Å². The van der Waals surface area contributed by atoms with Crippen molar-refractivity contribution in [3.63, 3.8) is 0 Å². The summed E-state index contributed by atoms with van der Waals surface area (Å²) in [5, 5.41) is -0.0250. The molecule has 2 aromatic rings. The molecule has 0 bridgehead atoms. The van der Waals surface area contributed by atoms with E-state index in [1.807, 2.05) is 0 Å². The van der Waals surface area contributed by atoms with Crippen LogP contribution in [0.15, 0.2) is 35.4 Å². The second-order valence-corrected chi connectivity index (χ2v) is 6.02. The van der Waals surface area contributed by atoms with Gasteiger partial charge in [-0.1, -0.05) is 11.6 Å². The van der Waals surface area contributed by atoms with Gasteiger partial charge in [0.25, 0.3) is 10.0 Å². The number of aromatic nitrogens is 1. The first kappa shape index (κ1) is 15.3. The molecule has 112 valence electrons. The van der Waals surface area contributed by atoms with Crippen LogP contribution in [0.4, 0.5) is 15.8 Å². The molecule has 0 saturated carbocycles. The highest BCUT2D eigenvalue weighted by molar-refractivity contribution is 7.92. The SMILES string of the molecule is COc1c(N)cc(S(=O)(=O)Nc2cccnc2Cl)cc1F. The third-order valence-corrected chi connectivity index (χ3v) is 4.21. The van der Waals surface area contributed by atoms with Gasteiger partial charge in [-0.15, -0.1) is 0 Å². The minimum atomic E-state index is -4.06. The first-order valence-corrected chi connectivity index (χ1v) is 7.47. The number of sulfonamides is 1. The molecule has 0 unspecified atom stereocenters. The Morgan fingerprint density at radius 3 is 2.71 bits per heavy atom. The molecule has 0 radical (unpaired) electrons. The van der Waals surface area contributed by atoms with Crippen LogP contribution in [0.25, 0.3) is 0 Å². The van der Waals surface area contributed by atoms with E-state index in [0.29, 0.717) is 0 Å². The second-order valence-electron chi connectivity index (χ2n) is 3.97.